The molecule has 0 spiro atoms. The Hall–Kier alpha value is -1.33. The number of aldehydes is 1. The first-order chi connectivity index (χ1) is 12.2. The lowest BCUT2D eigenvalue weighted by atomic mass is 9.98. The number of benzene rings is 2. The highest BCUT2D eigenvalue weighted by Crippen LogP contribution is 2.31. The standard InChI is InChI=1S/C11H13BrO2.C10H13BrO/c1-7(2)9-5-11(14-3)10(12)4-8(9)6-13;1-7(2)8-4-5-9(11)10(6-8)12-3/h4-7H,1-3H3;4-7H,1-3H3. The lowest BCUT2D eigenvalue weighted by molar-refractivity contribution is 0.112. The van der Waals surface area contributed by atoms with E-state index in [0.717, 1.165) is 32.3 Å². The molecule has 2 aromatic carbocycles. The Morgan fingerprint density at radius 1 is 0.846 bits per heavy atom. The first-order valence-corrected chi connectivity index (χ1v) is 9.99. The van der Waals surface area contributed by atoms with Crippen LogP contribution in [0.15, 0.2) is 39.3 Å². The molecule has 0 aromatic heterocycles. The molecular formula is C21H26Br2O3. The fourth-order valence-electron chi connectivity index (χ4n) is 2.38. The van der Waals surface area contributed by atoms with E-state index in [1.54, 1.807) is 20.3 Å². The second-order valence-corrected chi connectivity index (χ2v) is 8.15. The van der Waals surface area contributed by atoms with Gasteiger partial charge in [-0.15, -0.1) is 0 Å². The van der Waals surface area contributed by atoms with E-state index in [0.29, 0.717) is 17.4 Å². The number of methoxy groups -OCH3 is 2. The van der Waals surface area contributed by atoms with Crippen LogP contribution in [0.2, 0.25) is 0 Å². The molecule has 0 aliphatic carbocycles. The van der Waals surface area contributed by atoms with Gasteiger partial charge >= 0.3 is 0 Å². The van der Waals surface area contributed by atoms with E-state index in [2.05, 4.69) is 71.7 Å². The lowest BCUT2D eigenvalue weighted by Gasteiger charge is -2.12. The number of carbonyl (C=O) groups excluding carboxylic acids is 1. The van der Waals surface area contributed by atoms with Crippen LogP contribution in [0, 0.1) is 0 Å². The molecular weight excluding hydrogens is 460 g/mol. The van der Waals surface area contributed by atoms with Gasteiger partial charge in [0.2, 0.25) is 0 Å². The van der Waals surface area contributed by atoms with Crippen molar-refractivity contribution in [1.82, 2.24) is 0 Å². The molecule has 0 atom stereocenters. The van der Waals surface area contributed by atoms with E-state index < -0.39 is 0 Å². The maximum Gasteiger partial charge on any atom is 0.150 e. The Balaban J connectivity index is 0.000000263. The Morgan fingerprint density at radius 3 is 1.88 bits per heavy atom. The Morgan fingerprint density at radius 2 is 1.42 bits per heavy atom. The van der Waals surface area contributed by atoms with Crippen molar-refractivity contribution in [3.63, 3.8) is 0 Å². The minimum Gasteiger partial charge on any atom is -0.496 e. The van der Waals surface area contributed by atoms with Crippen LogP contribution in [0.3, 0.4) is 0 Å². The minimum atomic E-state index is 0.317. The first-order valence-electron chi connectivity index (χ1n) is 8.41. The minimum absolute atomic E-state index is 0.317. The number of halogens is 2. The average molecular weight is 486 g/mol. The van der Waals surface area contributed by atoms with Crippen LogP contribution in [0.25, 0.3) is 0 Å². The quantitative estimate of drug-likeness (QED) is 0.428. The van der Waals surface area contributed by atoms with Crippen molar-refractivity contribution >= 4 is 38.1 Å². The highest BCUT2D eigenvalue weighted by molar-refractivity contribution is 9.10. The van der Waals surface area contributed by atoms with Crippen molar-refractivity contribution in [3.8, 4) is 11.5 Å². The molecule has 2 aromatic rings. The summed E-state index contributed by atoms with van der Waals surface area (Å²) in [7, 11) is 3.30. The van der Waals surface area contributed by atoms with E-state index in [9.17, 15) is 4.79 Å². The molecule has 0 saturated heterocycles. The smallest absolute Gasteiger partial charge is 0.150 e. The molecule has 3 nitrogen and oxygen atoms in total. The monoisotopic (exact) mass is 484 g/mol. The summed E-state index contributed by atoms with van der Waals surface area (Å²) < 4.78 is 12.2. The van der Waals surface area contributed by atoms with Gasteiger partial charge in [0.15, 0.2) is 0 Å². The Bertz CT molecular complexity index is 740. The van der Waals surface area contributed by atoms with Crippen LogP contribution in [-0.4, -0.2) is 20.5 Å². The third-order valence-corrected chi connectivity index (χ3v) is 5.22. The van der Waals surface area contributed by atoms with Crippen LogP contribution in [0.1, 0.15) is 61.0 Å². The molecule has 0 fully saturated rings. The third-order valence-electron chi connectivity index (χ3n) is 3.95. The van der Waals surface area contributed by atoms with Crippen LogP contribution in [0.4, 0.5) is 0 Å². The molecule has 0 aliphatic rings. The number of hydrogen-bond donors (Lipinski definition) is 0. The van der Waals surface area contributed by atoms with Crippen LogP contribution in [-0.2, 0) is 0 Å². The SMILES string of the molecule is COc1cc(C(C)C)c(C=O)cc1Br.COc1cc(C(C)C)ccc1Br. The first kappa shape index (κ1) is 22.7. The van der Waals surface area contributed by atoms with Gasteiger partial charge < -0.3 is 9.47 Å². The molecule has 0 saturated carbocycles. The molecule has 0 heterocycles. The van der Waals surface area contributed by atoms with Crippen molar-refractivity contribution in [2.45, 2.75) is 39.5 Å². The van der Waals surface area contributed by atoms with Crippen molar-refractivity contribution in [1.29, 1.82) is 0 Å². The van der Waals surface area contributed by atoms with E-state index in [1.165, 1.54) is 5.56 Å². The maximum absolute atomic E-state index is 10.8. The molecule has 142 valence electrons. The summed E-state index contributed by atoms with van der Waals surface area (Å²) in [5, 5.41) is 0. The highest BCUT2D eigenvalue weighted by Gasteiger charge is 2.10. The second-order valence-electron chi connectivity index (χ2n) is 6.44. The van der Waals surface area contributed by atoms with Crippen LogP contribution in [0.5, 0.6) is 11.5 Å². The van der Waals surface area contributed by atoms with Gasteiger partial charge in [-0.1, -0.05) is 33.8 Å². The summed E-state index contributed by atoms with van der Waals surface area (Å²) in [6.45, 7) is 8.44. The molecule has 0 unspecified atom stereocenters. The summed E-state index contributed by atoms with van der Waals surface area (Å²) in [5.74, 6) is 2.53. The molecule has 0 N–H and O–H groups in total. The van der Waals surface area contributed by atoms with E-state index >= 15 is 0 Å². The normalized spacial score (nSPS) is 10.4. The number of carbonyl (C=O) groups is 1. The van der Waals surface area contributed by atoms with Gasteiger partial charge in [-0.2, -0.15) is 0 Å². The molecule has 0 amide bonds. The Kier molecular flexibility index (Phi) is 9.37. The highest BCUT2D eigenvalue weighted by atomic mass is 79.9. The molecule has 5 heteroatoms. The largest absolute Gasteiger partial charge is 0.496 e. The van der Waals surface area contributed by atoms with Crippen molar-refractivity contribution in [3.05, 3.63) is 56.0 Å². The average Bonchev–Trinajstić information content (AvgIpc) is 2.61. The summed E-state index contributed by atoms with van der Waals surface area (Å²) >= 11 is 6.76. The third kappa shape index (κ3) is 6.13. The summed E-state index contributed by atoms with van der Waals surface area (Å²) in [5.41, 5.74) is 3.03. The molecule has 0 aliphatic heterocycles. The van der Waals surface area contributed by atoms with Gasteiger partial charge in [0.1, 0.15) is 17.8 Å². The van der Waals surface area contributed by atoms with Gasteiger partial charge in [0.25, 0.3) is 0 Å². The predicted molar refractivity (Wildman–Crippen MR) is 115 cm³/mol. The molecule has 2 rings (SSSR count). The van der Waals surface area contributed by atoms with Gasteiger partial charge in [-0.05, 0) is 79.1 Å². The molecule has 0 radical (unpaired) electrons. The summed E-state index contributed by atoms with van der Waals surface area (Å²) in [6.07, 6.45) is 0.875. The van der Waals surface area contributed by atoms with Crippen LogP contribution >= 0.6 is 31.9 Å². The van der Waals surface area contributed by atoms with Gasteiger partial charge in [-0.25, -0.2) is 0 Å². The number of ether oxygens (including phenoxy) is 2. The van der Waals surface area contributed by atoms with Gasteiger partial charge in [0, 0.05) is 5.56 Å². The zero-order chi connectivity index (χ0) is 19.9. The lowest BCUT2D eigenvalue weighted by Crippen LogP contribution is -1.97. The van der Waals surface area contributed by atoms with E-state index in [1.807, 2.05) is 12.1 Å². The van der Waals surface area contributed by atoms with Crippen molar-refractivity contribution in [2.24, 2.45) is 0 Å². The maximum atomic E-state index is 10.8. The fraction of sp³-hybridized carbons (Fsp3) is 0.381. The fourth-order valence-corrected chi connectivity index (χ4v) is 3.31. The summed E-state index contributed by atoms with van der Waals surface area (Å²) in [6, 6.07) is 9.89. The number of hydrogen-bond acceptors (Lipinski definition) is 3. The van der Waals surface area contributed by atoms with Crippen molar-refractivity contribution < 1.29 is 14.3 Å². The van der Waals surface area contributed by atoms with E-state index in [4.69, 9.17) is 9.47 Å². The van der Waals surface area contributed by atoms with Crippen LogP contribution < -0.4 is 9.47 Å². The molecule has 26 heavy (non-hydrogen) atoms. The number of rotatable bonds is 5. The molecule has 0 bridgehead atoms. The predicted octanol–water partition coefficient (Wildman–Crippen LogP) is 6.97. The van der Waals surface area contributed by atoms with Gasteiger partial charge in [-0.3, -0.25) is 4.79 Å². The Labute approximate surface area is 173 Å². The zero-order valence-electron chi connectivity index (χ0n) is 16.1. The van der Waals surface area contributed by atoms with Crippen molar-refractivity contribution in [2.75, 3.05) is 14.2 Å². The van der Waals surface area contributed by atoms with E-state index in [-0.39, 0.29) is 0 Å². The zero-order valence-corrected chi connectivity index (χ0v) is 19.3. The topological polar surface area (TPSA) is 35.5 Å². The van der Waals surface area contributed by atoms with Gasteiger partial charge in [0.05, 0.1) is 23.2 Å². The second kappa shape index (κ2) is 10.7. The summed E-state index contributed by atoms with van der Waals surface area (Å²) in [4.78, 5) is 10.8.